The number of alkyl halides is 3. The van der Waals surface area contributed by atoms with Crippen LogP contribution in [-0.2, 0) is 4.84 Å². The Labute approximate surface area is 92.4 Å². The molecule has 0 aliphatic carbocycles. The van der Waals surface area contributed by atoms with Gasteiger partial charge in [-0.3, -0.25) is 4.84 Å². The maximum atomic E-state index is 11.8. The van der Waals surface area contributed by atoms with Gasteiger partial charge in [-0.25, -0.2) is 0 Å². The molecular weight excluding hydrogens is 219 g/mol. The monoisotopic (exact) mass is 232 g/mol. The Morgan fingerprint density at radius 1 is 1.06 bits per heavy atom. The van der Waals surface area contributed by atoms with Gasteiger partial charge in [0.25, 0.3) is 0 Å². The number of hydrogen-bond donors (Lipinski definition) is 0. The maximum Gasteiger partial charge on any atom is 0.389 e. The first-order chi connectivity index (χ1) is 7.58. The molecule has 0 saturated carbocycles. The maximum absolute atomic E-state index is 11.8. The van der Waals surface area contributed by atoms with E-state index in [9.17, 15) is 13.2 Å². The highest BCUT2D eigenvalue weighted by molar-refractivity contribution is 5.33. The first-order valence-corrected chi connectivity index (χ1v) is 5.03. The van der Waals surface area contributed by atoms with E-state index in [1.807, 2.05) is 18.2 Å². The van der Waals surface area contributed by atoms with Gasteiger partial charge in [0, 0.05) is 6.42 Å². The minimum absolute atomic E-state index is 0.0772. The van der Waals surface area contributed by atoms with Crippen LogP contribution in [0.1, 0.15) is 19.3 Å². The fourth-order valence-electron chi connectivity index (χ4n) is 1.10. The molecular formula is C11H13F3NO. The van der Waals surface area contributed by atoms with Crippen molar-refractivity contribution in [3.05, 3.63) is 30.3 Å². The summed E-state index contributed by atoms with van der Waals surface area (Å²) in [5.41, 5.74) is 4.42. The molecule has 0 atom stereocenters. The summed E-state index contributed by atoms with van der Waals surface area (Å²) in [6.07, 6.45) is -4.40. The molecule has 0 aliphatic rings. The van der Waals surface area contributed by atoms with Crippen LogP contribution >= 0.6 is 0 Å². The van der Waals surface area contributed by atoms with Crippen LogP contribution in [0.2, 0.25) is 0 Å². The number of unbranched alkanes of at least 4 members (excludes halogenated alkanes) is 1. The zero-order valence-corrected chi connectivity index (χ0v) is 8.70. The zero-order valence-electron chi connectivity index (χ0n) is 8.70. The van der Waals surface area contributed by atoms with E-state index in [1.54, 1.807) is 12.1 Å². The van der Waals surface area contributed by atoms with Crippen LogP contribution in [0.3, 0.4) is 0 Å². The molecule has 0 heterocycles. The average molecular weight is 232 g/mol. The van der Waals surface area contributed by atoms with Crippen LogP contribution in [0.25, 0.3) is 0 Å². The van der Waals surface area contributed by atoms with Gasteiger partial charge in [0.05, 0.1) is 12.3 Å². The van der Waals surface area contributed by atoms with E-state index in [0.717, 1.165) is 0 Å². The molecule has 0 N–H and O–H groups in total. The van der Waals surface area contributed by atoms with Gasteiger partial charge >= 0.3 is 6.18 Å². The van der Waals surface area contributed by atoms with Gasteiger partial charge in [-0.05, 0) is 25.0 Å². The van der Waals surface area contributed by atoms with Crippen LogP contribution in [0.5, 0.6) is 0 Å². The number of hydrogen-bond acceptors (Lipinski definition) is 1. The lowest BCUT2D eigenvalue weighted by molar-refractivity contribution is -0.136. The van der Waals surface area contributed by atoms with E-state index in [-0.39, 0.29) is 13.0 Å². The first kappa shape index (κ1) is 12.8. The van der Waals surface area contributed by atoms with Crippen LogP contribution in [-0.4, -0.2) is 12.8 Å². The van der Waals surface area contributed by atoms with Gasteiger partial charge in [-0.15, -0.1) is 5.48 Å². The summed E-state index contributed by atoms with van der Waals surface area (Å²) in [7, 11) is 0. The smallest absolute Gasteiger partial charge is 0.252 e. The van der Waals surface area contributed by atoms with Crippen LogP contribution in [0, 0.1) is 0 Å². The third-order valence-corrected chi connectivity index (χ3v) is 1.87. The minimum atomic E-state index is -4.07. The molecule has 0 aliphatic heterocycles. The van der Waals surface area contributed by atoms with E-state index in [1.165, 1.54) is 0 Å². The van der Waals surface area contributed by atoms with Crippen molar-refractivity contribution in [1.82, 2.24) is 5.48 Å². The number of halogens is 3. The van der Waals surface area contributed by atoms with Crippen molar-refractivity contribution in [1.29, 1.82) is 0 Å². The van der Waals surface area contributed by atoms with Gasteiger partial charge in [-0.1, -0.05) is 18.2 Å². The largest absolute Gasteiger partial charge is 0.389 e. The summed E-state index contributed by atoms with van der Waals surface area (Å²) < 4.78 is 35.3. The summed E-state index contributed by atoms with van der Waals surface area (Å²) in [5.74, 6) is 0. The van der Waals surface area contributed by atoms with Gasteiger partial charge in [0.15, 0.2) is 0 Å². The molecule has 0 bridgehead atoms. The molecule has 1 aromatic rings. The predicted molar refractivity (Wildman–Crippen MR) is 54.1 cm³/mol. The number of nitrogens with zero attached hydrogens (tertiary/aromatic N) is 1. The van der Waals surface area contributed by atoms with Crippen molar-refractivity contribution in [3.63, 3.8) is 0 Å². The van der Waals surface area contributed by atoms with E-state index in [2.05, 4.69) is 5.48 Å². The zero-order chi connectivity index (χ0) is 11.9. The minimum Gasteiger partial charge on any atom is -0.252 e. The Morgan fingerprint density at radius 3 is 2.38 bits per heavy atom. The van der Waals surface area contributed by atoms with Crippen LogP contribution in [0.15, 0.2) is 30.3 Å². The highest BCUT2D eigenvalue weighted by Crippen LogP contribution is 2.22. The van der Waals surface area contributed by atoms with Gasteiger partial charge in [-0.2, -0.15) is 13.2 Å². The van der Waals surface area contributed by atoms with Gasteiger partial charge < -0.3 is 0 Å². The summed E-state index contributed by atoms with van der Waals surface area (Å²) in [6.45, 7) is 0.213. The molecule has 0 spiro atoms. The predicted octanol–water partition coefficient (Wildman–Crippen LogP) is 3.59. The molecule has 1 aromatic carbocycles. The van der Waals surface area contributed by atoms with E-state index >= 15 is 0 Å². The average Bonchev–Trinajstić information content (AvgIpc) is 2.23. The molecule has 1 rings (SSSR count). The Balaban J connectivity index is 2.01. The Hall–Kier alpha value is -1.23. The van der Waals surface area contributed by atoms with Crippen molar-refractivity contribution in [2.45, 2.75) is 25.4 Å². The second-order valence-electron chi connectivity index (χ2n) is 3.33. The quantitative estimate of drug-likeness (QED) is 0.543. The van der Waals surface area contributed by atoms with Gasteiger partial charge in [0.2, 0.25) is 0 Å². The van der Waals surface area contributed by atoms with E-state index < -0.39 is 12.6 Å². The lowest BCUT2D eigenvalue weighted by Crippen LogP contribution is -2.08. The summed E-state index contributed by atoms with van der Waals surface area (Å²) >= 11 is 0. The third kappa shape index (κ3) is 6.29. The Kier molecular flexibility index (Phi) is 5.11. The molecule has 0 amide bonds. The van der Waals surface area contributed by atoms with E-state index in [4.69, 9.17) is 4.84 Å². The second kappa shape index (κ2) is 6.37. The molecule has 0 aromatic heterocycles. The Morgan fingerprint density at radius 2 is 1.75 bits per heavy atom. The highest BCUT2D eigenvalue weighted by atomic mass is 19.4. The number of benzene rings is 1. The van der Waals surface area contributed by atoms with Crippen molar-refractivity contribution < 1.29 is 18.0 Å². The van der Waals surface area contributed by atoms with E-state index in [0.29, 0.717) is 12.1 Å². The summed E-state index contributed by atoms with van der Waals surface area (Å²) in [6, 6.07) is 8.99. The van der Waals surface area contributed by atoms with Crippen molar-refractivity contribution >= 4 is 5.69 Å². The molecule has 5 heteroatoms. The van der Waals surface area contributed by atoms with Crippen molar-refractivity contribution in [3.8, 4) is 0 Å². The lowest BCUT2D eigenvalue weighted by atomic mass is 10.2. The second-order valence-corrected chi connectivity index (χ2v) is 3.33. The fraction of sp³-hybridized carbons (Fsp3) is 0.455. The van der Waals surface area contributed by atoms with Crippen molar-refractivity contribution in [2.24, 2.45) is 0 Å². The lowest BCUT2D eigenvalue weighted by Gasteiger charge is -2.05. The Bertz CT molecular complexity index is 287. The molecule has 0 unspecified atom stereocenters. The first-order valence-electron chi connectivity index (χ1n) is 5.03. The molecule has 0 saturated heterocycles. The van der Waals surface area contributed by atoms with Crippen LogP contribution in [0.4, 0.5) is 18.9 Å². The molecule has 89 valence electrons. The summed E-state index contributed by atoms with van der Waals surface area (Å²) in [4.78, 5) is 4.89. The SMILES string of the molecule is FC(F)(F)CCCCO[N]c1ccccc1. The molecule has 0 fully saturated rings. The molecule has 2 nitrogen and oxygen atoms in total. The molecule has 16 heavy (non-hydrogen) atoms. The standard InChI is InChI=1S/C11H13F3NO/c12-11(13,14)8-4-5-9-16-15-10-6-2-1-3-7-10/h1-3,6-7H,4-5,8-9H2. The number of rotatable bonds is 6. The molecule has 1 radical (unpaired) electrons. The van der Waals surface area contributed by atoms with Crippen LogP contribution < -0.4 is 5.48 Å². The third-order valence-electron chi connectivity index (χ3n) is 1.87. The van der Waals surface area contributed by atoms with Crippen molar-refractivity contribution in [2.75, 3.05) is 6.61 Å². The topological polar surface area (TPSA) is 23.3 Å². The summed E-state index contributed by atoms with van der Waals surface area (Å²) in [5, 5.41) is 0. The van der Waals surface area contributed by atoms with Gasteiger partial charge in [0.1, 0.15) is 0 Å². The normalized spacial score (nSPS) is 11.4. The highest BCUT2D eigenvalue weighted by Gasteiger charge is 2.25. The fourth-order valence-corrected chi connectivity index (χ4v) is 1.10.